The Kier molecular flexibility index (Phi) is 3.50. The molecule has 0 aliphatic rings. The van der Waals surface area contributed by atoms with E-state index in [9.17, 15) is 5.21 Å². The molecule has 0 spiro atoms. The van der Waals surface area contributed by atoms with Gasteiger partial charge in [-0.3, -0.25) is 0 Å². The fraction of sp³-hybridized carbons (Fsp3) is 0.500. The Morgan fingerprint density at radius 1 is 1.36 bits per heavy atom. The number of hydrogen-bond acceptors (Lipinski definition) is 1. The van der Waals surface area contributed by atoms with Gasteiger partial charge >= 0.3 is 0 Å². The maximum Gasteiger partial charge on any atom is 0.180 e. The summed E-state index contributed by atoms with van der Waals surface area (Å²) in [7, 11) is 0. The standard InChI is InChI=1S/C12H18NO/c1-4-5-8-12(2,3)11-6-9-13(14)10-7-11/h4,6-7,9-10H,5,8H2,1-3H3. The number of nitrogens with zero attached hydrogens (tertiary/aromatic N) is 1. The van der Waals surface area contributed by atoms with Gasteiger partial charge in [-0.25, -0.2) is 0 Å². The van der Waals surface area contributed by atoms with Gasteiger partial charge in [0.2, 0.25) is 0 Å². The zero-order valence-corrected chi connectivity index (χ0v) is 9.16. The zero-order chi connectivity index (χ0) is 10.6. The summed E-state index contributed by atoms with van der Waals surface area (Å²) in [4.78, 5) is 0. The second-order valence-corrected chi connectivity index (χ2v) is 4.28. The van der Waals surface area contributed by atoms with Gasteiger partial charge in [-0.15, -0.1) is 0 Å². The van der Waals surface area contributed by atoms with Crippen LogP contribution in [0.5, 0.6) is 0 Å². The Bertz CT molecular complexity index is 277. The van der Waals surface area contributed by atoms with Gasteiger partial charge in [0.1, 0.15) is 0 Å². The predicted octanol–water partition coefficient (Wildman–Crippen LogP) is 2.60. The molecule has 1 heterocycles. The molecule has 0 fully saturated rings. The van der Waals surface area contributed by atoms with Crippen LogP contribution in [0.25, 0.3) is 0 Å². The molecule has 1 aromatic rings. The molecule has 0 saturated heterocycles. The third-order valence-corrected chi connectivity index (χ3v) is 2.64. The number of hydrogen-bond donors (Lipinski definition) is 0. The molecule has 0 bridgehead atoms. The van der Waals surface area contributed by atoms with Crippen LogP contribution in [0.2, 0.25) is 0 Å². The van der Waals surface area contributed by atoms with Crippen molar-refractivity contribution in [2.75, 3.05) is 0 Å². The lowest BCUT2D eigenvalue weighted by atomic mass is 9.81. The normalized spacial score (nSPS) is 11.6. The van der Waals surface area contributed by atoms with Crippen molar-refractivity contribution in [3.8, 4) is 0 Å². The van der Waals surface area contributed by atoms with E-state index in [2.05, 4.69) is 27.2 Å². The van der Waals surface area contributed by atoms with Crippen LogP contribution in [0.4, 0.5) is 0 Å². The molecule has 0 aromatic carbocycles. The van der Waals surface area contributed by atoms with E-state index in [0.717, 1.165) is 17.6 Å². The predicted molar refractivity (Wildman–Crippen MR) is 57.6 cm³/mol. The lowest BCUT2D eigenvalue weighted by molar-refractivity contribution is -0.605. The Morgan fingerprint density at radius 2 is 1.93 bits per heavy atom. The molecular weight excluding hydrogens is 174 g/mol. The van der Waals surface area contributed by atoms with Gasteiger partial charge < -0.3 is 5.21 Å². The molecule has 1 radical (unpaired) electrons. The van der Waals surface area contributed by atoms with Crippen LogP contribution < -0.4 is 4.73 Å². The van der Waals surface area contributed by atoms with Crippen molar-refractivity contribution in [1.29, 1.82) is 0 Å². The molecule has 2 heteroatoms. The molecule has 0 unspecified atom stereocenters. The average Bonchev–Trinajstić information content (AvgIpc) is 2.16. The summed E-state index contributed by atoms with van der Waals surface area (Å²) in [6, 6.07) is 3.81. The first-order valence-electron chi connectivity index (χ1n) is 5.03. The number of rotatable bonds is 4. The first kappa shape index (κ1) is 11.0. The summed E-state index contributed by atoms with van der Waals surface area (Å²) < 4.78 is 0.825. The average molecular weight is 192 g/mol. The lowest BCUT2D eigenvalue weighted by Crippen LogP contribution is -2.26. The Morgan fingerprint density at radius 3 is 2.43 bits per heavy atom. The molecule has 0 amide bonds. The second kappa shape index (κ2) is 4.45. The summed E-state index contributed by atoms with van der Waals surface area (Å²) in [5.41, 5.74) is 1.38. The maximum absolute atomic E-state index is 10.9. The largest absolute Gasteiger partial charge is 0.619 e. The van der Waals surface area contributed by atoms with Gasteiger partial charge in [0.25, 0.3) is 0 Å². The van der Waals surface area contributed by atoms with Gasteiger partial charge in [-0.2, -0.15) is 4.73 Å². The summed E-state index contributed by atoms with van der Waals surface area (Å²) in [6.07, 6.45) is 7.53. The topological polar surface area (TPSA) is 26.9 Å². The minimum atomic E-state index is 0.154. The fourth-order valence-electron chi connectivity index (χ4n) is 1.51. The van der Waals surface area contributed by atoms with E-state index in [-0.39, 0.29) is 5.41 Å². The highest BCUT2D eigenvalue weighted by molar-refractivity contribution is 5.18. The van der Waals surface area contributed by atoms with E-state index in [0.29, 0.717) is 0 Å². The first-order valence-corrected chi connectivity index (χ1v) is 5.03. The molecule has 0 atom stereocenters. The minimum Gasteiger partial charge on any atom is -0.619 e. The third kappa shape index (κ3) is 2.72. The highest BCUT2D eigenvalue weighted by Gasteiger charge is 2.20. The summed E-state index contributed by atoms with van der Waals surface area (Å²) in [6.45, 7) is 6.49. The second-order valence-electron chi connectivity index (χ2n) is 4.28. The SMILES string of the molecule is C[CH]CCC(C)(C)c1cc[n+]([O-])cc1. The van der Waals surface area contributed by atoms with Gasteiger partial charge in [-0.1, -0.05) is 20.8 Å². The van der Waals surface area contributed by atoms with E-state index in [4.69, 9.17) is 0 Å². The maximum atomic E-state index is 10.9. The molecule has 1 aromatic heterocycles. The van der Waals surface area contributed by atoms with Crippen molar-refractivity contribution in [3.63, 3.8) is 0 Å². The molecule has 0 aliphatic heterocycles. The van der Waals surface area contributed by atoms with E-state index < -0.39 is 0 Å². The molecule has 14 heavy (non-hydrogen) atoms. The van der Waals surface area contributed by atoms with E-state index in [1.54, 1.807) is 12.4 Å². The molecular formula is C12H18NO. The van der Waals surface area contributed by atoms with Crippen molar-refractivity contribution in [2.24, 2.45) is 0 Å². The number of aromatic nitrogens is 1. The van der Waals surface area contributed by atoms with Gasteiger partial charge in [0.15, 0.2) is 12.4 Å². The van der Waals surface area contributed by atoms with Gasteiger partial charge in [-0.05, 0) is 30.2 Å². The van der Waals surface area contributed by atoms with Crippen LogP contribution in [0, 0.1) is 11.6 Å². The van der Waals surface area contributed by atoms with E-state index in [1.807, 2.05) is 12.1 Å². The molecule has 0 aliphatic carbocycles. The van der Waals surface area contributed by atoms with Crippen LogP contribution in [0.15, 0.2) is 24.5 Å². The van der Waals surface area contributed by atoms with Crippen LogP contribution in [-0.4, -0.2) is 0 Å². The van der Waals surface area contributed by atoms with Crippen LogP contribution in [0.1, 0.15) is 39.2 Å². The smallest absolute Gasteiger partial charge is 0.180 e. The van der Waals surface area contributed by atoms with E-state index in [1.165, 1.54) is 5.56 Å². The summed E-state index contributed by atoms with van der Waals surface area (Å²) >= 11 is 0. The zero-order valence-electron chi connectivity index (χ0n) is 9.16. The lowest BCUT2D eigenvalue weighted by Gasteiger charge is -2.24. The van der Waals surface area contributed by atoms with E-state index >= 15 is 0 Å². The highest BCUT2D eigenvalue weighted by Crippen LogP contribution is 2.27. The third-order valence-electron chi connectivity index (χ3n) is 2.64. The van der Waals surface area contributed by atoms with Crippen molar-refractivity contribution >= 4 is 0 Å². The van der Waals surface area contributed by atoms with Crippen LogP contribution >= 0.6 is 0 Å². The molecule has 2 nitrogen and oxygen atoms in total. The first-order chi connectivity index (χ1) is 6.56. The van der Waals surface area contributed by atoms with Crippen LogP contribution in [0.3, 0.4) is 0 Å². The van der Waals surface area contributed by atoms with Crippen molar-refractivity contribution in [2.45, 2.75) is 39.0 Å². The van der Waals surface area contributed by atoms with Gasteiger partial charge in [0, 0.05) is 12.1 Å². The Labute approximate surface area is 86.2 Å². The Hall–Kier alpha value is -1.05. The van der Waals surface area contributed by atoms with Crippen molar-refractivity contribution in [3.05, 3.63) is 41.7 Å². The minimum absolute atomic E-state index is 0.154. The summed E-state index contributed by atoms with van der Waals surface area (Å²) in [5, 5.41) is 10.9. The highest BCUT2D eigenvalue weighted by atomic mass is 16.5. The molecule has 0 N–H and O–H groups in total. The molecule has 1 rings (SSSR count). The van der Waals surface area contributed by atoms with Crippen molar-refractivity contribution in [1.82, 2.24) is 0 Å². The monoisotopic (exact) mass is 192 g/mol. The number of pyridine rings is 1. The molecule has 77 valence electrons. The van der Waals surface area contributed by atoms with Gasteiger partial charge in [0.05, 0.1) is 0 Å². The number of unbranched alkanes of at least 4 members (excludes halogenated alkanes) is 1. The fourth-order valence-corrected chi connectivity index (χ4v) is 1.51. The van der Waals surface area contributed by atoms with Crippen molar-refractivity contribution < 1.29 is 4.73 Å². The molecule has 0 saturated carbocycles. The quantitative estimate of drug-likeness (QED) is 0.532. The Balaban J connectivity index is 2.75. The summed E-state index contributed by atoms with van der Waals surface area (Å²) in [5.74, 6) is 0. The van der Waals surface area contributed by atoms with Crippen LogP contribution in [-0.2, 0) is 5.41 Å².